The highest BCUT2D eigenvalue weighted by Gasteiger charge is 2.18. The van der Waals surface area contributed by atoms with Crippen molar-refractivity contribution in [1.82, 2.24) is 10.9 Å². The quantitative estimate of drug-likeness (QED) is 0.463. The zero-order valence-electron chi connectivity index (χ0n) is 14.1. The Balaban J connectivity index is 1.66. The number of hydrogen-bond donors (Lipinski definition) is 3. The fourth-order valence-electron chi connectivity index (χ4n) is 2.41. The lowest BCUT2D eigenvalue weighted by Crippen LogP contribution is -2.43. The van der Waals surface area contributed by atoms with E-state index in [2.05, 4.69) is 16.2 Å². The van der Waals surface area contributed by atoms with Crippen LogP contribution in [0, 0.1) is 6.92 Å². The van der Waals surface area contributed by atoms with E-state index in [0.29, 0.717) is 16.4 Å². The Labute approximate surface area is 160 Å². The first-order chi connectivity index (χ1) is 12.5. The molecule has 3 N–H and O–H groups in total. The van der Waals surface area contributed by atoms with Crippen LogP contribution in [0.25, 0.3) is 11.0 Å². The summed E-state index contributed by atoms with van der Waals surface area (Å²) in [5.41, 5.74) is 7.23. The first-order valence-corrected chi connectivity index (χ1v) is 8.46. The van der Waals surface area contributed by atoms with Crippen molar-refractivity contribution in [3.8, 4) is 5.75 Å². The third kappa shape index (κ3) is 3.89. The summed E-state index contributed by atoms with van der Waals surface area (Å²) in [7, 11) is 1.59. The van der Waals surface area contributed by atoms with Crippen molar-refractivity contribution >= 4 is 51.5 Å². The molecule has 3 rings (SSSR count). The van der Waals surface area contributed by atoms with E-state index in [1.807, 2.05) is 13.0 Å². The molecule has 0 saturated carbocycles. The van der Waals surface area contributed by atoms with Crippen LogP contribution in [0.5, 0.6) is 5.75 Å². The molecule has 1 aromatic heterocycles. The number of nitrogens with one attached hydrogen (secondary N) is 3. The maximum atomic E-state index is 12.4. The van der Waals surface area contributed by atoms with Crippen LogP contribution in [0.1, 0.15) is 16.1 Å². The predicted octanol–water partition coefficient (Wildman–Crippen LogP) is 4.03. The number of carbonyl (C=O) groups is 1. The first kappa shape index (κ1) is 18.0. The van der Waals surface area contributed by atoms with Gasteiger partial charge in [-0.05, 0) is 61.6 Å². The van der Waals surface area contributed by atoms with Gasteiger partial charge < -0.3 is 14.5 Å². The molecule has 0 radical (unpaired) electrons. The molecule has 0 fully saturated rings. The number of methoxy groups -OCH3 is 1. The molecule has 1 amide bonds. The summed E-state index contributed by atoms with van der Waals surface area (Å²) < 4.78 is 10.8. The summed E-state index contributed by atoms with van der Waals surface area (Å²) in [6.07, 6.45) is 0. The summed E-state index contributed by atoms with van der Waals surface area (Å²) in [6.45, 7) is 1.81. The SMILES string of the molecule is COc1ccc2oc(C(=O)NNC(=S)Nc3ccc(Cl)cc3)c(C)c2c1. The molecule has 0 aliphatic rings. The van der Waals surface area contributed by atoms with Gasteiger partial charge in [-0.15, -0.1) is 0 Å². The molecule has 2 aromatic carbocycles. The largest absolute Gasteiger partial charge is 0.497 e. The Hall–Kier alpha value is -2.77. The van der Waals surface area contributed by atoms with Crippen molar-refractivity contribution in [2.24, 2.45) is 0 Å². The number of hydrogen-bond acceptors (Lipinski definition) is 4. The van der Waals surface area contributed by atoms with E-state index in [4.69, 9.17) is 33.0 Å². The normalized spacial score (nSPS) is 10.4. The van der Waals surface area contributed by atoms with Crippen LogP contribution in [0.3, 0.4) is 0 Å². The van der Waals surface area contributed by atoms with Crippen LogP contribution < -0.4 is 20.9 Å². The van der Waals surface area contributed by atoms with Crippen LogP contribution in [-0.4, -0.2) is 18.1 Å². The third-order valence-electron chi connectivity index (χ3n) is 3.74. The van der Waals surface area contributed by atoms with Crippen LogP contribution in [-0.2, 0) is 0 Å². The number of rotatable bonds is 3. The number of fused-ring (bicyclic) bond motifs is 1. The minimum atomic E-state index is -0.432. The number of halogens is 1. The Bertz CT molecular complexity index is 970. The van der Waals surface area contributed by atoms with Gasteiger partial charge in [0, 0.05) is 21.7 Å². The van der Waals surface area contributed by atoms with E-state index in [0.717, 1.165) is 16.6 Å². The second-order valence-corrected chi connectivity index (χ2v) is 6.30. The average Bonchev–Trinajstić information content (AvgIpc) is 2.98. The number of carbonyl (C=O) groups excluding carboxylic acids is 1. The van der Waals surface area contributed by atoms with Crippen molar-refractivity contribution in [1.29, 1.82) is 0 Å². The average molecular weight is 390 g/mol. The number of aryl methyl sites for hydroxylation is 1. The molecule has 0 spiro atoms. The summed E-state index contributed by atoms with van der Waals surface area (Å²) >= 11 is 11.0. The molecule has 0 bridgehead atoms. The van der Waals surface area contributed by atoms with Gasteiger partial charge in [0.25, 0.3) is 0 Å². The summed E-state index contributed by atoms with van der Waals surface area (Å²) in [5, 5.41) is 4.61. The standard InChI is InChI=1S/C18H16ClN3O3S/c1-10-14-9-13(24-2)7-8-15(14)25-16(10)17(23)21-22-18(26)20-12-5-3-11(19)4-6-12/h3-9H,1-2H3,(H,21,23)(H2,20,22,26). The number of anilines is 1. The highest BCUT2D eigenvalue weighted by atomic mass is 35.5. The van der Waals surface area contributed by atoms with E-state index in [1.54, 1.807) is 43.5 Å². The van der Waals surface area contributed by atoms with Crippen molar-refractivity contribution in [2.45, 2.75) is 6.92 Å². The monoisotopic (exact) mass is 389 g/mol. The van der Waals surface area contributed by atoms with Gasteiger partial charge in [0.1, 0.15) is 11.3 Å². The number of furan rings is 1. The van der Waals surface area contributed by atoms with E-state index in [9.17, 15) is 4.79 Å². The van der Waals surface area contributed by atoms with Crippen molar-refractivity contribution in [3.63, 3.8) is 0 Å². The maximum absolute atomic E-state index is 12.4. The second-order valence-electron chi connectivity index (χ2n) is 5.46. The van der Waals surface area contributed by atoms with E-state index < -0.39 is 5.91 Å². The molecule has 0 aliphatic heterocycles. The van der Waals surface area contributed by atoms with Gasteiger partial charge >= 0.3 is 5.91 Å². The lowest BCUT2D eigenvalue weighted by atomic mass is 10.1. The first-order valence-electron chi connectivity index (χ1n) is 7.68. The Morgan fingerprint density at radius 1 is 1.15 bits per heavy atom. The maximum Gasteiger partial charge on any atom is 0.305 e. The van der Waals surface area contributed by atoms with Crippen LogP contribution in [0.2, 0.25) is 5.02 Å². The lowest BCUT2D eigenvalue weighted by Gasteiger charge is -2.11. The molecule has 8 heteroatoms. The fourth-order valence-corrected chi connectivity index (χ4v) is 2.70. The fraction of sp³-hybridized carbons (Fsp3) is 0.111. The summed E-state index contributed by atoms with van der Waals surface area (Å²) in [4.78, 5) is 12.4. The van der Waals surface area contributed by atoms with Gasteiger partial charge in [0.05, 0.1) is 7.11 Å². The van der Waals surface area contributed by atoms with Gasteiger partial charge in [-0.3, -0.25) is 15.6 Å². The molecule has 6 nitrogen and oxygen atoms in total. The molecular weight excluding hydrogens is 374 g/mol. The minimum Gasteiger partial charge on any atom is -0.497 e. The van der Waals surface area contributed by atoms with Crippen molar-refractivity contribution in [3.05, 3.63) is 58.8 Å². The topological polar surface area (TPSA) is 75.5 Å². The van der Waals surface area contributed by atoms with Gasteiger partial charge in [-0.25, -0.2) is 0 Å². The van der Waals surface area contributed by atoms with E-state index in [1.165, 1.54) is 0 Å². The lowest BCUT2D eigenvalue weighted by molar-refractivity contribution is 0.0917. The number of amides is 1. The zero-order chi connectivity index (χ0) is 18.7. The molecule has 3 aromatic rings. The summed E-state index contributed by atoms with van der Waals surface area (Å²) in [5.74, 6) is 0.466. The zero-order valence-corrected chi connectivity index (χ0v) is 15.6. The van der Waals surface area contributed by atoms with Crippen LogP contribution in [0.4, 0.5) is 5.69 Å². The molecular formula is C18H16ClN3O3S. The van der Waals surface area contributed by atoms with Gasteiger partial charge in [0.2, 0.25) is 0 Å². The number of ether oxygens (including phenoxy) is 1. The smallest absolute Gasteiger partial charge is 0.305 e. The van der Waals surface area contributed by atoms with E-state index >= 15 is 0 Å². The molecule has 0 unspecified atom stereocenters. The third-order valence-corrected chi connectivity index (χ3v) is 4.20. The van der Waals surface area contributed by atoms with Gasteiger partial charge in [-0.2, -0.15) is 0 Å². The summed E-state index contributed by atoms with van der Waals surface area (Å²) in [6, 6.07) is 12.4. The molecule has 0 saturated heterocycles. The second kappa shape index (κ2) is 7.63. The number of benzene rings is 2. The van der Waals surface area contributed by atoms with Crippen LogP contribution in [0.15, 0.2) is 46.9 Å². The molecule has 0 atom stereocenters. The Morgan fingerprint density at radius 2 is 1.88 bits per heavy atom. The van der Waals surface area contributed by atoms with Gasteiger partial charge in [0.15, 0.2) is 10.9 Å². The minimum absolute atomic E-state index is 0.204. The number of thiocarbonyl (C=S) groups is 1. The Morgan fingerprint density at radius 3 is 2.58 bits per heavy atom. The Kier molecular flexibility index (Phi) is 5.29. The molecule has 0 aliphatic carbocycles. The molecule has 134 valence electrons. The van der Waals surface area contributed by atoms with Crippen LogP contribution >= 0.6 is 23.8 Å². The van der Waals surface area contributed by atoms with E-state index in [-0.39, 0.29) is 10.9 Å². The highest BCUT2D eigenvalue weighted by molar-refractivity contribution is 7.80. The predicted molar refractivity (Wildman–Crippen MR) is 106 cm³/mol. The molecule has 1 heterocycles. The molecule has 26 heavy (non-hydrogen) atoms. The highest BCUT2D eigenvalue weighted by Crippen LogP contribution is 2.28. The van der Waals surface area contributed by atoms with Crippen molar-refractivity contribution in [2.75, 3.05) is 12.4 Å². The van der Waals surface area contributed by atoms with Crippen molar-refractivity contribution < 1.29 is 13.9 Å². The number of hydrazine groups is 1. The van der Waals surface area contributed by atoms with Gasteiger partial charge in [-0.1, -0.05) is 11.6 Å².